The summed E-state index contributed by atoms with van der Waals surface area (Å²) in [5.41, 5.74) is 11.3. The smallest absolute Gasteiger partial charge is 0.242 e. The van der Waals surface area contributed by atoms with Crippen molar-refractivity contribution in [3.63, 3.8) is 0 Å². The SMILES string of the molecule is c1cc2nc(C3CCCN3)[nH]c2cc1-c1ccc(-c2ccc(-c3c[n+](CC4CCCN4)c[nH]3)s2)c2c1CC1(CCCC1)C2. The van der Waals surface area contributed by atoms with Crippen molar-refractivity contribution in [1.82, 2.24) is 25.6 Å². The van der Waals surface area contributed by atoms with Crippen LogP contribution in [0.3, 0.4) is 0 Å². The van der Waals surface area contributed by atoms with Gasteiger partial charge in [0.15, 0.2) is 5.69 Å². The van der Waals surface area contributed by atoms with Gasteiger partial charge in [-0.25, -0.2) is 14.5 Å². The Labute approximate surface area is 257 Å². The number of thiophene rings is 1. The van der Waals surface area contributed by atoms with Crippen molar-refractivity contribution in [3.8, 4) is 32.1 Å². The molecule has 2 aliphatic heterocycles. The van der Waals surface area contributed by atoms with Crippen LogP contribution in [0, 0.1) is 5.41 Å². The third-order valence-corrected chi connectivity index (χ3v) is 12.0. The topological polar surface area (TPSA) is 72.4 Å². The lowest BCUT2D eigenvalue weighted by Crippen LogP contribution is -2.41. The molecule has 0 amide bonds. The molecule has 4 aliphatic rings. The Kier molecular flexibility index (Phi) is 6.35. The van der Waals surface area contributed by atoms with E-state index in [-0.39, 0.29) is 0 Å². The predicted molar refractivity (Wildman–Crippen MR) is 174 cm³/mol. The summed E-state index contributed by atoms with van der Waals surface area (Å²) in [6.45, 7) is 3.27. The first kappa shape index (κ1) is 26.2. The molecule has 2 atom stereocenters. The van der Waals surface area contributed by atoms with Crippen LogP contribution in [0.15, 0.2) is 55.0 Å². The molecule has 2 saturated heterocycles. The molecule has 5 aromatic rings. The van der Waals surface area contributed by atoms with E-state index >= 15 is 0 Å². The number of aromatic nitrogens is 4. The van der Waals surface area contributed by atoms with Gasteiger partial charge in [-0.2, -0.15) is 0 Å². The number of H-pyrrole nitrogens is 2. The van der Waals surface area contributed by atoms with E-state index in [1.165, 1.54) is 89.9 Å². The molecule has 2 unspecified atom stereocenters. The van der Waals surface area contributed by atoms with E-state index in [1.54, 1.807) is 11.1 Å². The molecule has 1 saturated carbocycles. The second-order valence-electron chi connectivity index (χ2n) is 13.7. The zero-order chi connectivity index (χ0) is 28.4. The van der Waals surface area contributed by atoms with Gasteiger partial charge in [-0.1, -0.05) is 31.0 Å². The number of nitrogens with zero attached hydrogens (tertiary/aromatic N) is 2. The fourth-order valence-electron chi connectivity index (χ4n) is 8.60. The zero-order valence-electron chi connectivity index (χ0n) is 24.8. The van der Waals surface area contributed by atoms with Crippen molar-refractivity contribution < 1.29 is 4.57 Å². The highest BCUT2D eigenvalue weighted by atomic mass is 32.1. The van der Waals surface area contributed by atoms with Gasteiger partial charge < -0.3 is 15.6 Å². The van der Waals surface area contributed by atoms with Crippen molar-refractivity contribution in [2.75, 3.05) is 13.1 Å². The summed E-state index contributed by atoms with van der Waals surface area (Å²) in [7, 11) is 0. The monoisotopic (exact) mass is 589 g/mol. The number of nitrogens with one attached hydrogen (secondary N) is 4. The summed E-state index contributed by atoms with van der Waals surface area (Å²) in [5.74, 6) is 1.09. The van der Waals surface area contributed by atoms with Gasteiger partial charge in [-0.15, -0.1) is 11.3 Å². The van der Waals surface area contributed by atoms with Crippen molar-refractivity contribution in [2.24, 2.45) is 5.41 Å². The molecular formula is C36H41N6S+. The molecule has 5 heterocycles. The van der Waals surface area contributed by atoms with Gasteiger partial charge in [0, 0.05) is 10.9 Å². The molecule has 3 fully saturated rings. The van der Waals surface area contributed by atoms with E-state index in [4.69, 9.17) is 4.98 Å². The second kappa shape index (κ2) is 10.4. The van der Waals surface area contributed by atoms with E-state index in [0.29, 0.717) is 17.5 Å². The van der Waals surface area contributed by atoms with Crippen LogP contribution in [-0.2, 0) is 19.4 Å². The van der Waals surface area contributed by atoms with Crippen molar-refractivity contribution in [2.45, 2.75) is 82.8 Å². The molecule has 3 aromatic heterocycles. The highest BCUT2D eigenvalue weighted by Gasteiger charge is 2.41. The standard InChI is InChI=1S/C36H40N6S/c1-2-14-36(13-1)18-27-25(23-7-10-29-31(17-23)41-35(40-29)30-6-4-16-38-30)8-9-26(28(27)19-36)33-11-12-34(43-33)32-21-42(22-39-32)20-24-5-3-15-37-24/h7-12,17,21-22,24,30,37-38H,1-6,13-16,18-20H2,(H,40,41)/p+1. The predicted octanol–water partition coefficient (Wildman–Crippen LogP) is 7.08. The summed E-state index contributed by atoms with van der Waals surface area (Å²) in [4.78, 5) is 14.9. The number of hydrogen-bond acceptors (Lipinski definition) is 4. The molecule has 2 aliphatic carbocycles. The molecule has 1 spiro atoms. The lowest BCUT2D eigenvalue weighted by Gasteiger charge is -2.22. The minimum atomic E-state index is 0.359. The van der Waals surface area contributed by atoms with E-state index in [1.807, 2.05) is 11.3 Å². The lowest BCUT2D eigenvalue weighted by molar-refractivity contribution is -0.697. The minimum Gasteiger partial charge on any atom is -0.341 e. The largest absolute Gasteiger partial charge is 0.341 e. The molecule has 0 radical (unpaired) electrons. The summed E-state index contributed by atoms with van der Waals surface area (Å²) in [6, 6.07) is 17.3. The van der Waals surface area contributed by atoms with Gasteiger partial charge in [0.1, 0.15) is 18.6 Å². The maximum atomic E-state index is 4.94. The lowest BCUT2D eigenvalue weighted by atomic mass is 9.83. The first-order valence-electron chi connectivity index (χ1n) is 16.5. The van der Waals surface area contributed by atoms with Crippen molar-refractivity contribution in [3.05, 3.63) is 71.9 Å². The van der Waals surface area contributed by atoms with Gasteiger partial charge in [0.2, 0.25) is 6.33 Å². The summed E-state index contributed by atoms with van der Waals surface area (Å²) < 4.78 is 2.32. The van der Waals surface area contributed by atoms with Crippen LogP contribution in [0.5, 0.6) is 0 Å². The van der Waals surface area contributed by atoms with Crippen molar-refractivity contribution in [1.29, 1.82) is 0 Å². The normalized spacial score (nSPS) is 22.8. The molecule has 4 N–H and O–H groups in total. The van der Waals surface area contributed by atoms with Crippen LogP contribution >= 0.6 is 11.3 Å². The highest BCUT2D eigenvalue weighted by Crippen LogP contribution is 2.53. The summed E-state index contributed by atoms with van der Waals surface area (Å²) in [5, 5.41) is 7.21. The fraction of sp³-hybridized carbons (Fsp3) is 0.444. The number of aromatic amines is 2. The van der Waals surface area contributed by atoms with Crippen LogP contribution < -0.4 is 15.2 Å². The maximum Gasteiger partial charge on any atom is 0.242 e. The molecule has 6 nitrogen and oxygen atoms in total. The Balaban J connectivity index is 1.06. The van der Waals surface area contributed by atoms with Gasteiger partial charge in [0.05, 0.1) is 22.0 Å². The summed E-state index contributed by atoms with van der Waals surface area (Å²) in [6.07, 6.45) is 17.3. The second-order valence-corrected chi connectivity index (χ2v) is 14.7. The molecule has 2 aromatic carbocycles. The Bertz CT molecular complexity index is 1790. The average Bonchev–Trinajstić information content (AvgIpc) is 3.87. The molecule has 43 heavy (non-hydrogen) atoms. The number of benzene rings is 2. The van der Waals surface area contributed by atoms with E-state index in [2.05, 4.69) is 80.2 Å². The van der Waals surface area contributed by atoms with Crippen LogP contribution in [0.25, 0.3) is 43.2 Å². The molecule has 9 rings (SSSR count). The highest BCUT2D eigenvalue weighted by molar-refractivity contribution is 7.18. The average molecular weight is 590 g/mol. The maximum absolute atomic E-state index is 4.94. The zero-order valence-corrected chi connectivity index (χ0v) is 25.7. The van der Waals surface area contributed by atoms with Crippen molar-refractivity contribution >= 4 is 22.4 Å². The Morgan fingerprint density at radius 1 is 0.860 bits per heavy atom. The van der Waals surface area contributed by atoms with Gasteiger partial charge in [-0.3, -0.25) is 0 Å². The molecule has 220 valence electrons. The van der Waals surface area contributed by atoms with Crippen LogP contribution in [0.1, 0.15) is 74.4 Å². The number of fused-ring (bicyclic) bond motifs is 2. The minimum absolute atomic E-state index is 0.359. The third-order valence-electron chi connectivity index (χ3n) is 10.8. The quantitative estimate of drug-likeness (QED) is 0.160. The first-order chi connectivity index (χ1) is 21.2. The van der Waals surface area contributed by atoms with Crippen LogP contribution in [0.2, 0.25) is 0 Å². The Morgan fingerprint density at radius 3 is 2.51 bits per heavy atom. The van der Waals surface area contributed by atoms with E-state index in [9.17, 15) is 0 Å². The third kappa shape index (κ3) is 4.68. The van der Waals surface area contributed by atoms with Gasteiger partial charge in [0.25, 0.3) is 0 Å². The van der Waals surface area contributed by atoms with E-state index < -0.39 is 0 Å². The number of rotatable bonds is 6. The Hall–Kier alpha value is -3.26. The number of hydrogen-bond donors (Lipinski definition) is 4. The number of imidazole rings is 2. The fourth-order valence-corrected chi connectivity index (χ4v) is 9.63. The van der Waals surface area contributed by atoms with Gasteiger partial charge in [-0.05, 0) is 122 Å². The van der Waals surface area contributed by atoms with E-state index in [0.717, 1.165) is 42.9 Å². The summed E-state index contributed by atoms with van der Waals surface area (Å²) >= 11 is 1.93. The van der Waals surface area contributed by atoms with Crippen LogP contribution in [-0.4, -0.2) is 34.1 Å². The molecule has 7 heteroatoms. The molecule has 0 bridgehead atoms. The Morgan fingerprint density at radius 2 is 1.67 bits per heavy atom. The van der Waals surface area contributed by atoms with Gasteiger partial charge >= 0.3 is 0 Å². The first-order valence-corrected chi connectivity index (χ1v) is 17.3. The molecular weight excluding hydrogens is 549 g/mol. The van der Waals surface area contributed by atoms with Crippen LogP contribution in [0.4, 0.5) is 0 Å².